The maximum Gasteiger partial charge on any atom is 0.326 e. The second-order valence-electron chi connectivity index (χ2n) is 4.23. The normalized spacial score (nSPS) is 12.1. The maximum atomic E-state index is 11.8. The van der Waals surface area contributed by atoms with Crippen molar-refractivity contribution in [1.82, 2.24) is 5.32 Å². The van der Waals surface area contributed by atoms with Crippen LogP contribution in [-0.2, 0) is 9.59 Å². The molecule has 6 heteroatoms. The van der Waals surface area contributed by atoms with Gasteiger partial charge in [0.05, 0.1) is 12.9 Å². The molecule has 2 N–H and O–H groups in total. The van der Waals surface area contributed by atoms with Crippen LogP contribution in [0, 0.1) is 0 Å². The summed E-state index contributed by atoms with van der Waals surface area (Å²) in [5.74, 6) is -0.461. The van der Waals surface area contributed by atoms with Gasteiger partial charge in [-0.05, 0) is 31.5 Å². The van der Waals surface area contributed by atoms with E-state index in [0.29, 0.717) is 0 Å². The van der Waals surface area contributed by atoms with Crippen LogP contribution in [0.2, 0.25) is 0 Å². The number of aliphatic carboxylic acids is 1. The third kappa shape index (κ3) is 6.35. The predicted molar refractivity (Wildman–Crippen MR) is 82.7 cm³/mol. The molecule has 1 aromatic carbocycles. The summed E-state index contributed by atoms with van der Waals surface area (Å²) >= 11 is 1.33. The van der Waals surface area contributed by atoms with Crippen molar-refractivity contribution in [2.75, 3.05) is 12.9 Å². The molecule has 0 saturated heterocycles. The smallest absolute Gasteiger partial charge is 0.326 e. The summed E-state index contributed by atoms with van der Waals surface area (Å²) in [7, 11) is 1.58. The van der Waals surface area contributed by atoms with Gasteiger partial charge in [-0.1, -0.05) is 18.2 Å². The van der Waals surface area contributed by atoms with Crippen LogP contribution in [0.4, 0.5) is 0 Å². The molecule has 0 aliphatic carbocycles. The number of carbonyl (C=O) groups excluding carboxylic acids is 1. The summed E-state index contributed by atoms with van der Waals surface area (Å²) in [6, 6.07) is 6.47. The number of rotatable bonds is 8. The van der Waals surface area contributed by atoms with E-state index in [2.05, 4.69) is 5.32 Å². The van der Waals surface area contributed by atoms with Gasteiger partial charge in [0.15, 0.2) is 0 Å². The second-order valence-corrected chi connectivity index (χ2v) is 5.28. The summed E-state index contributed by atoms with van der Waals surface area (Å²) in [5.41, 5.74) is 0. The quantitative estimate of drug-likeness (QED) is 0.569. The molecule has 0 saturated carbocycles. The van der Waals surface area contributed by atoms with E-state index in [0.717, 1.165) is 10.6 Å². The van der Waals surface area contributed by atoms with Crippen molar-refractivity contribution >= 4 is 23.6 Å². The van der Waals surface area contributed by atoms with Crippen LogP contribution >= 0.6 is 11.8 Å². The topological polar surface area (TPSA) is 75.6 Å². The Morgan fingerprint density at radius 2 is 2.24 bits per heavy atom. The average Bonchev–Trinajstić information content (AvgIpc) is 2.49. The van der Waals surface area contributed by atoms with E-state index in [9.17, 15) is 9.59 Å². The Labute approximate surface area is 128 Å². The van der Waals surface area contributed by atoms with E-state index < -0.39 is 12.0 Å². The number of hydrogen-bond acceptors (Lipinski definition) is 4. The Morgan fingerprint density at radius 1 is 1.48 bits per heavy atom. The van der Waals surface area contributed by atoms with E-state index >= 15 is 0 Å². The molecule has 1 aromatic rings. The lowest BCUT2D eigenvalue weighted by atomic mass is 10.2. The highest BCUT2D eigenvalue weighted by atomic mass is 32.2. The molecule has 0 radical (unpaired) electrons. The largest absolute Gasteiger partial charge is 0.497 e. The zero-order valence-electron chi connectivity index (χ0n) is 12.0. The van der Waals surface area contributed by atoms with Gasteiger partial charge < -0.3 is 15.2 Å². The minimum atomic E-state index is -1.03. The first kappa shape index (κ1) is 17.1. The number of allylic oxidation sites excluding steroid dienone is 1. The van der Waals surface area contributed by atoms with Crippen molar-refractivity contribution in [1.29, 1.82) is 0 Å². The minimum absolute atomic E-state index is 0.160. The van der Waals surface area contributed by atoms with Gasteiger partial charge in [0.2, 0.25) is 5.91 Å². The van der Waals surface area contributed by atoms with Gasteiger partial charge in [-0.3, -0.25) is 4.79 Å². The first-order valence-electron chi connectivity index (χ1n) is 6.47. The van der Waals surface area contributed by atoms with Crippen molar-refractivity contribution in [3.8, 4) is 5.75 Å². The lowest BCUT2D eigenvalue weighted by Crippen LogP contribution is -2.41. The van der Waals surface area contributed by atoms with E-state index in [-0.39, 0.29) is 18.1 Å². The summed E-state index contributed by atoms with van der Waals surface area (Å²) in [6.45, 7) is 1.80. The van der Waals surface area contributed by atoms with Crippen LogP contribution in [0.25, 0.3) is 0 Å². The number of carboxylic acid groups (broad SMARTS) is 1. The fourth-order valence-corrected chi connectivity index (χ4v) is 2.32. The van der Waals surface area contributed by atoms with E-state index in [1.165, 1.54) is 11.8 Å². The zero-order chi connectivity index (χ0) is 15.7. The fourth-order valence-electron chi connectivity index (χ4n) is 1.57. The molecule has 1 atom stereocenters. The first-order valence-corrected chi connectivity index (χ1v) is 7.45. The lowest BCUT2D eigenvalue weighted by Gasteiger charge is -2.12. The fraction of sp³-hybridized carbons (Fsp3) is 0.333. The molecule has 114 valence electrons. The standard InChI is InChI=1S/C15H19NO4S/c1-3-4-8-13(15(18)19)16-14(17)10-21-12-7-5-6-11(9-12)20-2/h3-7,9,13H,8,10H2,1-2H3,(H,16,17)(H,18,19)/b4-3+. The maximum absolute atomic E-state index is 11.8. The molecule has 0 aromatic heterocycles. The number of amides is 1. The first-order chi connectivity index (χ1) is 10.1. The molecule has 21 heavy (non-hydrogen) atoms. The van der Waals surface area contributed by atoms with E-state index in [1.54, 1.807) is 26.2 Å². The Balaban J connectivity index is 2.50. The number of ether oxygens (including phenoxy) is 1. The predicted octanol–water partition coefficient (Wildman–Crippen LogP) is 2.32. The molecule has 0 bridgehead atoms. The number of carbonyl (C=O) groups is 2. The molecule has 5 nitrogen and oxygen atoms in total. The van der Waals surface area contributed by atoms with Gasteiger partial charge in [-0.15, -0.1) is 11.8 Å². The number of benzene rings is 1. The highest BCUT2D eigenvalue weighted by Crippen LogP contribution is 2.22. The Bertz CT molecular complexity index is 516. The van der Waals surface area contributed by atoms with Crippen molar-refractivity contribution in [3.05, 3.63) is 36.4 Å². The third-order valence-corrected chi connectivity index (χ3v) is 3.65. The van der Waals surface area contributed by atoms with Gasteiger partial charge in [0.25, 0.3) is 0 Å². The molecule has 0 fully saturated rings. The molecule has 0 aliphatic heterocycles. The van der Waals surface area contributed by atoms with Crippen LogP contribution in [0.1, 0.15) is 13.3 Å². The van der Waals surface area contributed by atoms with Crippen molar-refractivity contribution in [2.45, 2.75) is 24.3 Å². The molecular weight excluding hydrogens is 290 g/mol. The molecular formula is C15H19NO4S. The SMILES string of the molecule is C/C=C/CC(NC(=O)CSc1cccc(OC)c1)C(=O)O. The summed E-state index contributed by atoms with van der Waals surface area (Å²) < 4.78 is 5.10. The number of thioether (sulfide) groups is 1. The summed E-state index contributed by atoms with van der Waals surface area (Å²) in [6.07, 6.45) is 3.75. The number of carboxylic acids is 1. The molecule has 0 heterocycles. The van der Waals surface area contributed by atoms with Gasteiger partial charge in [-0.2, -0.15) is 0 Å². The number of methoxy groups -OCH3 is 1. The van der Waals surface area contributed by atoms with Crippen LogP contribution in [-0.4, -0.2) is 35.9 Å². The Hall–Kier alpha value is -1.95. The Morgan fingerprint density at radius 3 is 2.86 bits per heavy atom. The highest BCUT2D eigenvalue weighted by Gasteiger charge is 2.18. The third-order valence-electron chi connectivity index (χ3n) is 2.65. The van der Waals surface area contributed by atoms with Gasteiger partial charge >= 0.3 is 5.97 Å². The molecule has 1 rings (SSSR count). The lowest BCUT2D eigenvalue weighted by molar-refractivity contribution is -0.141. The minimum Gasteiger partial charge on any atom is -0.497 e. The molecule has 0 spiro atoms. The van der Waals surface area contributed by atoms with E-state index in [4.69, 9.17) is 9.84 Å². The highest BCUT2D eigenvalue weighted by molar-refractivity contribution is 8.00. The summed E-state index contributed by atoms with van der Waals surface area (Å²) in [5, 5.41) is 11.5. The molecule has 1 unspecified atom stereocenters. The number of hydrogen-bond donors (Lipinski definition) is 2. The molecule has 1 amide bonds. The van der Waals surface area contributed by atoms with Gasteiger partial charge in [0.1, 0.15) is 11.8 Å². The van der Waals surface area contributed by atoms with Crippen molar-refractivity contribution < 1.29 is 19.4 Å². The zero-order valence-corrected chi connectivity index (χ0v) is 12.9. The second kappa shape index (κ2) is 9.07. The van der Waals surface area contributed by atoms with Crippen LogP contribution < -0.4 is 10.1 Å². The van der Waals surface area contributed by atoms with Crippen LogP contribution in [0.15, 0.2) is 41.3 Å². The van der Waals surface area contributed by atoms with Gasteiger partial charge in [-0.25, -0.2) is 4.79 Å². The monoisotopic (exact) mass is 309 g/mol. The van der Waals surface area contributed by atoms with Crippen molar-refractivity contribution in [2.24, 2.45) is 0 Å². The van der Waals surface area contributed by atoms with Crippen LogP contribution in [0.5, 0.6) is 5.75 Å². The van der Waals surface area contributed by atoms with Crippen molar-refractivity contribution in [3.63, 3.8) is 0 Å². The number of nitrogens with one attached hydrogen (secondary N) is 1. The molecule has 0 aliphatic rings. The Kier molecular flexibility index (Phi) is 7.39. The van der Waals surface area contributed by atoms with Crippen LogP contribution in [0.3, 0.4) is 0 Å². The van der Waals surface area contributed by atoms with Gasteiger partial charge in [0, 0.05) is 4.90 Å². The average molecular weight is 309 g/mol. The van der Waals surface area contributed by atoms with E-state index in [1.807, 2.05) is 24.3 Å². The summed E-state index contributed by atoms with van der Waals surface area (Å²) in [4.78, 5) is 23.7.